The van der Waals surface area contributed by atoms with E-state index in [-0.39, 0.29) is 11.5 Å². The summed E-state index contributed by atoms with van der Waals surface area (Å²) in [6, 6.07) is 25.7. The van der Waals surface area contributed by atoms with Crippen LogP contribution >= 0.6 is 0 Å². The van der Waals surface area contributed by atoms with Crippen molar-refractivity contribution < 1.29 is 14.6 Å². The van der Waals surface area contributed by atoms with E-state index in [1.807, 2.05) is 24.3 Å². The summed E-state index contributed by atoms with van der Waals surface area (Å²) in [5.41, 5.74) is 4.96. The van der Waals surface area contributed by atoms with Gasteiger partial charge in [0.25, 0.3) is 0 Å². The zero-order chi connectivity index (χ0) is 22.7. The van der Waals surface area contributed by atoms with Gasteiger partial charge in [0, 0.05) is 29.5 Å². The van der Waals surface area contributed by atoms with Gasteiger partial charge in [-0.25, -0.2) is 0 Å². The molecule has 3 aromatic carbocycles. The van der Waals surface area contributed by atoms with E-state index >= 15 is 0 Å². The van der Waals surface area contributed by atoms with Gasteiger partial charge in [0.15, 0.2) is 11.5 Å². The Balaban J connectivity index is 1.27. The SMILES string of the molecule is O[C@H]1C=C[C@H]2[C@H]3Cc4ccc(OCc5ccccc5)c5c4[C@@]2(CCN3Cc2ccccc2)[C@H]1O5. The summed E-state index contributed by atoms with van der Waals surface area (Å²) in [5, 5.41) is 11.0. The number of likely N-dealkylation sites (tertiary alicyclic amines) is 1. The van der Waals surface area contributed by atoms with Crippen LogP contribution < -0.4 is 9.47 Å². The summed E-state index contributed by atoms with van der Waals surface area (Å²) >= 11 is 0. The van der Waals surface area contributed by atoms with Crippen LogP contribution in [0.1, 0.15) is 28.7 Å². The lowest BCUT2D eigenvalue weighted by Crippen LogP contribution is -2.65. The maximum absolute atomic E-state index is 11.0. The Hall–Kier alpha value is -3.08. The van der Waals surface area contributed by atoms with Crippen molar-refractivity contribution in [2.24, 2.45) is 5.92 Å². The minimum absolute atomic E-state index is 0.180. The Morgan fingerprint density at radius 2 is 1.71 bits per heavy atom. The molecule has 2 aliphatic heterocycles. The highest BCUT2D eigenvalue weighted by molar-refractivity contribution is 5.62. The third-order valence-electron chi connectivity index (χ3n) is 8.44. The summed E-state index contributed by atoms with van der Waals surface area (Å²) in [5.74, 6) is 1.99. The van der Waals surface area contributed by atoms with Crippen molar-refractivity contribution in [3.8, 4) is 11.5 Å². The van der Waals surface area contributed by atoms with E-state index < -0.39 is 6.10 Å². The van der Waals surface area contributed by atoms with Crippen LogP contribution in [0.15, 0.2) is 84.9 Å². The molecule has 4 nitrogen and oxygen atoms in total. The average Bonchev–Trinajstić information content (AvgIpc) is 3.23. The van der Waals surface area contributed by atoms with Crippen molar-refractivity contribution in [1.82, 2.24) is 4.90 Å². The molecule has 4 aliphatic rings. The van der Waals surface area contributed by atoms with Crippen LogP contribution in [0.5, 0.6) is 11.5 Å². The Labute approximate surface area is 200 Å². The fraction of sp³-hybridized carbons (Fsp3) is 0.333. The first-order valence-corrected chi connectivity index (χ1v) is 12.4. The lowest BCUT2D eigenvalue weighted by molar-refractivity contribution is -0.0539. The zero-order valence-corrected chi connectivity index (χ0v) is 19.1. The highest BCUT2D eigenvalue weighted by atomic mass is 16.5. The minimum Gasteiger partial charge on any atom is -0.485 e. The normalized spacial score (nSPS) is 30.5. The smallest absolute Gasteiger partial charge is 0.166 e. The maximum atomic E-state index is 11.0. The highest BCUT2D eigenvalue weighted by Gasteiger charge is 2.64. The molecule has 2 bridgehead atoms. The molecule has 1 saturated heterocycles. The lowest BCUT2D eigenvalue weighted by atomic mass is 9.53. The fourth-order valence-electron chi connectivity index (χ4n) is 6.98. The lowest BCUT2D eigenvalue weighted by Gasteiger charge is -2.57. The summed E-state index contributed by atoms with van der Waals surface area (Å²) in [7, 11) is 0. The molecule has 0 saturated carbocycles. The summed E-state index contributed by atoms with van der Waals surface area (Å²) < 4.78 is 12.9. The van der Waals surface area contributed by atoms with Crippen LogP contribution in [0, 0.1) is 5.92 Å². The molecule has 0 amide bonds. The first kappa shape index (κ1) is 20.3. The highest BCUT2D eigenvalue weighted by Crippen LogP contribution is 2.62. The second kappa shape index (κ2) is 7.72. The predicted molar refractivity (Wildman–Crippen MR) is 131 cm³/mol. The monoisotopic (exact) mass is 451 g/mol. The molecule has 3 aromatic rings. The van der Waals surface area contributed by atoms with Gasteiger partial charge in [0.2, 0.25) is 0 Å². The van der Waals surface area contributed by atoms with E-state index in [0.717, 1.165) is 43.0 Å². The van der Waals surface area contributed by atoms with Crippen molar-refractivity contribution >= 4 is 0 Å². The molecule has 172 valence electrons. The molecule has 1 fully saturated rings. The molecule has 4 heteroatoms. The Kier molecular flexibility index (Phi) is 4.61. The van der Waals surface area contributed by atoms with Crippen molar-refractivity contribution in [2.45, 2.75) is 49.7 Å². The van der Waals surface area contributed by atoms with Crippen LogP contribution in [0.25, 0.3) is 0 Å². The van der Waals surface area contributed by atoms with Crippen LogP contribution in [0.2, 0.25) is 0 Å². The van der Waals surface area contributed by atoms with Crippen molar-refractivity contribution in [3.63, 3.8) is 0 Å². The van der Waals surface area contributed by atoms with Crippen LogP contribution in [-0.4, -0.2) is 34.8 Å². The second-order valence-electron chi connectivity index (χ2n) is 10.2. The number of benzene rings is 3. The molecule has 5 atom stereocenters. The Morgan fingerprint density at radius 1 is 0.941 bits per heavy atom. The van der Waals surface area contributed by atoms with E-state index in [0.29, 0.717) is 18.6 Å². The first-order chi connectivity index (χ1) is 16.7. The molecule has 7 rings (SSSR count). The van der Waals surface area contributed by atoms with Crippen molar-refractivity contribution in [2.75, 3.05) is 6.54 Å². The molecule has 2 heterocycles. The van der Waals surface area contributed by atoms with E-state index in [1.54, 1.807) is 0 Å². The molecule has 2 aliphatic carbocycles. The van der Waals surface area contributed by atoms with E-state index in [9.17, 15) is 5.11 Å². The summed E-state index contributed by atoms with van der Waals surface area (Å²) in [6.45, 7) is 2.47. The van der Waals surface area contributed by atoms with Gasteiger partial charge in [-0.2, -0.15) is 0 Å². The molecule has 0 unspecified atom stereocenters. The fourth-order valence-corrected chi connectivity index (χ4v) is 6.98. The van der Waals surface area contributed by atoms with Gasteiger partial charge in [0.05, 0.1) is 0 Å². The van der Waals surface area contributed by atoms with Crippen molar-refractivity contribution in [1.29, 1.82) is 0 Å². The number of nitrogens with zero attached hydrogens (tertiary/aromatic N) is 1. The third-order valence-corrected chi connectivity index (χ3v) is 8.44. The van der Waals surface area contributed by atoms with Gasteiger partial charge >= 0.3 is 0 Å². The number of piperidine rings is 1. The number of hydrogen-bond acceptors (Lipinski definition) is 4. The van der Waals surface area contributed by atoms with Crippen molar-refractivity contribution in [3.05, 3.63) is 107 Å². The molecule has 0 aromatic heterocycles. The molecule has 34 heavy (non-hydrogen) atoms. The Bertz CT molecular complexity index is 1240. The molecule has 1 N–H and O–H groups in total. The van der Waals surface area contributed by atoms with E-state index in [2.05, 4.69) is 65.6 Å². The third kappa shape index (κ3) is 2.92. The summed E-state index contributed by atoms with van der Waals surface area (Å²) in [4.78, 5) is 2.64. The van der Waals surface area contributed by atoms with Crippen LogP contribution in [0.3, 0.4) is 0 Å². The molecular weight excluding hydrogens is 422 g/mol. The van der Waals surface area contributed by atoms with Gasteiger partial charge in [-0.15, -0.1) is 0 Å². The maximum Gasteiger partial charge on any atom is 0.166 e. The van der Waals surface area contributed by atoms with Crippen LogP contribution in [-0.2, 0) is 25.0 Å². The van der Waals surface area contributed by atoms with Gasteiger partial charge in [-0.3, -0.25) is 4.90 Å². The van der Waals surface area contributed by atoms with Gasteiger partial charge in [0.1, 0.15) is 18.8 Å². The molecule has 1 spiro atoms. The van der Waals surface area contributed by atoms with Gasteiger partial charge in [-0.1, -0.05) is 78.9 Å². The molecule has 0 radical (unpaired) electrons. The quantitative estimate of drug-likeness (QED) is 0.574. The second-order valence-corrected chi connectivity index (χ2v) is 10.2. The standard InChI is InChI=1S/C30H29NO3/c32-25-13-12-23-24-17-22-11-14-26(33-19-21-9-5-2-6-10-21)28-27(22)30(23,29(25)34-28)15-16-31(24)18-20-7-3-1-4-8-20/h1-14,23-25,29,32H,15-19H2/t23-,24+,25-,29-,30-/m0/s1. The predicted octanol–water partition coefficient (Wildman–Crippen LogP) is 4.64. The van der Waals surface area contributed by atoms with E-state index in [4.69, 9.17) is 9.47 Å². The topological polar surface area (TPSA) is 41.9 Å². The minimum atomic E-state index is -0.599. The number of aliphatic hydroxyl groups is 1. The average molecular weight is 452 g/mol. The number of hydrogen-bond donors (Lipinski definition) is 1. The number of rotatable bonds is 5. The van der Waals surface area contributed by atoms with E-state index in [1.165, 1.54) is 16.7 Å². The zero-order valence-electron chi connectivity index (χ0n) is 19.1. The summed E-state index contributed by atoms with van der Waals surface area (Å²) in [6.07, 6.45) is 5.37. The van der Waals surface area contributed by atoms with Crippen LogP contribution in [0.4, 0.5) is 0 Å². The van der Waals surface area contributed by atoms with Gasteiger partial charge < -0.3 is 14.6 Å². The van der Waals surface area contributed by atoms with Gasteiger partial charge in [-0.05, 0) is 42.1 Å². The Morgan fingerprint density at radius 3 is 2.50 bits per heavy atom. The number of ether oxygens (including phenoxy) is 2. The largest absolute Gasteiger partial charge is 0.485 e. The molecular formula is C30H29NO3. The number of aliphatic hydroxyl groups excluding tert-OH is 1. The first-order valence-electron chi connectivity index (χ1n) is 12.4.